The molecule has 3 unspecified atom stereocenters. The van der Waals surface area contributed by atoms with Gasteiger partial charge in [-0.3, -0.25) is 14.4 Å². The van der Waals surface area contributed by atoms with Crippen LogP contribution in [0.25, 0.3) is 0 Å². The van der Waals surface area contributed by atoms with E-state index in [-0.39, 0.29) is 29.1 Å². The maximum atomic E-state index is 12.4. The molecule has 39 heavy (non-hydrogen) atoms. The molecule has 0 heterocycles. The van der Waals surface area contributed by atoms with Gasteiger partial charge in [0.05, 0.1) is 11.8 Å². The molecule has 0 aliphatic heterocycles. The average Bonchev–Trinajstić information content (AvgIpc) is 2.95. The highest BCUT2D eigenvalue weighted by atomic mass is 35.5. The van der Waals surface area contributed by atoms with Crippen LogP contribution in [0.1, 0.15) is 117 Å². The van der Waals surface area contributed by atoms with Crippen molar-refractivity contribution >= 4 is 52.2 Å². The van der Waals surface area contributed by atoms with Gasteiger partial charge in [0.25, 0.3) is 0 Å². The minimum atomic E-state index is -0.919. The zero-order valence-electron chi connectivity index (χ0n) is 23.0. The molecular formula is C33H43Cl3O3. The molecule has 3 atom stereocenters. The predicted octanol–water partition coefficient (Wildman–Crippen LogP) is 9.99. The topological polar surface area (TPSA) is 51.2 Å². The van der Waals surface area contributed by atoms with Gasteiger partial charge < -0.3 is 0 Å². The minimum absolute atomic E-state index is 0.130. The lowest BCUT2D eigenvalue weighted by molar-refractivity contribution is -0.117. The summed E-state index contributed by atoms with van der Waals surface area (Å²) >= 11 is 19.1. The Balaban J connectivity index is 1.41. The largest absolute Gasteiger partial charge is 0.297 e. The van der Waals surface area contributed by atoms with Crippen molar-refractivity contribution in [2.75, 3.05) is 0 Å². The van der Waals surface area contributed by atoms with Crippen molar-refractivity contribution in [1.29, 1.82) is 0 Å². The summed E-state index contributed by atoms with van der Waals surface area (Å²) in [7, 11) is 0. The first-order valence-electron chi connectivity index (χ1n) is 14.5. The second kappa shape index (κ2) is 20.2. The SMILES string of the molecule is O=C(CCCCCCCCCCCCCC(Cl)CC(Cl)C(Cl)C(=O)CC(=O)c1ccccc1)c1ccccc1. The fourth-order valence-corrected chi connectivity index (χ4v) is 5.65. The van der Waals surface area contributed by atoms with Gasteiger partial charge in [-0.2, -0.15) is 0 Å². The quantitative estimate of drug-likeness (QED) is 0.0591. The van der Waals surface area contributed by atoms with Crippen molar-refractivity contribution in [3.05, 3.63) is 71.8 Å². The Morgan fingerprint density at radius 3 is 1.51 bits per heavy atom. The maximum Gasteiger partial charge on any atom is 0.170 e. The third kappa shape index (κ3) is 14.5. The number of rotatable bonds is 22. The zero-order chi connectivity index (χ0) is 28.3. The van der Waals surface area contributed by atoms with Crippen LogP contribution in [-0.4, -0.2) is 33.5 Å². The first-order chi connectivity index (χ1) is 18.9. The van der Waals surface area contributed by atoms with Gasteiger partial charge in [-0.15, -0.1) is 34.8 Å². The van der Waals surface area contributed by atoms with E-state index in [9.17, 15) is 14.4 Å². The molecule has 2 aromatic rings. The molecule has 0 spiro atoms. The maximum absolute atomic E-state index is 12.4. The minimum Gasteiger partial charge on any atom is -0.297 e. The van der Waals surface area contributed by atoms with E-state index in [4.69, 9.17) is 34.8 Å². The number of halogens is 3. The van der Waals surface area contributed by atoms with Crippen molar-refractivity contribution in [3.8, 4) is 0 Å². The van der Waals surface area contributed by atoms with Crippen LogP contribution in [-0.2, 0) is 4.79 Å². The number of hydrogen-bond acceptors (Lipinski definition) is 3. The molecule has 2 aromatic carbocycles. The monoisotopic (exact) mass is 592 g/mol. The molecule has 0 saturated carbocycles. The molecule has 3 nitrogen and oxygen atoms in total. The number of ketones is 3. The number of hydrogen-bond donors (Lipinski definition) is 0. The highest BCUT2D eigenvalue weighted by Crippen LogP contribution is 2.24. The summed E-state index contributed by atoms with van der Waals surface area (Å²) in [5, 5.41) is -1.64. The van der Waals surface area contributed by atoms with E-state index in [0.717, 1.165) is 37.7 Å². The fourth-order valence-electron chi connectivity index (χ4n) is 4.68. The summed E-state index contributed by atoms with van der Waals surface area (Å²) in [5.74, 6) is -0.346. The van der Waals surface area contributed by atoms with E-state index >= 15 is 0 Å². The molecule has 0 aliphatic carbocycles. The van der Waals surface area contributed by atoms with Crippen LogP contribution in [0, 0.1) is 0 Å². The van der Waals surface area contributed by atoms with E-state index in [1.54, 1.807) is 24.3 Å². The van der Waals surface area contributed by atoms with Crippen molar-refractivity contribution in [3.63, 3.8) is 0 Å². The van der Waals surface area contributed by atoms with Crippen molar-refractivity contribution in [2.45, 2.75) is 112 Å². The predicted molar refractivity (Wildman–Crippen MR) is 165 cm³/mol. The summed E-state index contributed by atoms with van der Waals surface area (Å²) in [4.78, 5) is 36.7. The Kier molecular flexibility index (Phi) is 17.4. The molecule has 0 N–H and O–H groups in total. The highest BCUT2D eigenvalue weighted by molar-refractivity contribution is 6.39. The molecular weight excluding hydrogens is 551 g/mol. The number of Topliss-reactive ketones (excluding diaryl/α,β-unsaturated/α-hetero) is 3. The molecule has 0 radical (unpaired) electrons. The van der Waals surface area contributed by atoms with Crippen molar-refractivity contribution in [2.24, 2.45) is 0 Å². The fraction of sp³-hybridized carbons (Fsp3) is 0.545. The molecule has 6 heteroatoms. The number of benzene rings is 2. The second-order valence-corrected chi connectivity index (χ2v) is 12.0. The summed E-state index contributed by atoms with van der Waals surface area (Å²) in [6, 6.07) is 18.3. The smallest absolute Gasteiger partial charge is 0.170 e. The Labute approximate surface area is 250 Å². The van der Waals surface area contributed by atoms with Crippen LogP contribution >= 0.6 is 34.8 Å². The Hall–Kier alpha value is -1.68. The molecule has 0 fully saturated rings. The lowest BCUT2D eigenvalue weighted by atomic mass is 10.00. The van der Waals surface area contributed by atoms with Gasteiger partial charge in [0.2, 0.25) is 0 Å². The van der Waals surface area contributed by atoms with Gasteiger partial charge in [-0.05, 0) is 19.3 Å². The summed E-state index contributed by atoms with van der Waals surface area (Å²) < 4.78 is 0. The molecule has 2 rings (SSSR count). The van der Waals surface area contributed by atoms with Gasteiger partial charge >= 0.3 is 0 Å². The summed E-state index contributed by atoms with van der Waals surface area (Å²) in [6.45, 7) is 0. The first-order valence-corrected chi connectivity index (χ1v) is 15.8. The van der Waals surface area contributed by atoms with Crippen LogP contribution in [0.5, 0.6) is 0 Å². The number of carbonyl (C=O) groups excluding carboxylic acids is 3. The lowest BCUT2D eigenvalue weighted by Gasteiger charge is -2.18. The van der Waals surface area contributed by atoms with Crippen molar-refractivity contribution < 1.29 is 14.4 Å². The molecule has 0 saturated heterocycles. The molecule has 0 aliphatic rings. The highest BCUT2D eigenvalue weighted by Gasteiger charge is 2.28. The van der Waals surface area contributed by atoms with Crippen LogP contribution in [0.4, 0.5) is 0 Å². The van der Waals surface area contributed by atoms with Crippen molar-refractivity contribution in [1.82, 2.24) is 0 Å². The Morgan fingerprint density at radius 2 is 1.00 bits per heavy atom. The second-order valence-electron chi connectivity index (χ2n) is 10.4. The number of carbonyl (C=O) groups is 3. The van der Waals surface area contributed by atoms with Gasteiger partial charge in [-0.1, -0.05) is 125 Å². The Bertz CT molecular complexity index is 965. The standard InChI is InChI=1S/C33H43Cl3O3/c34-28(24-29(35)33(36)32(39)25-31(38)27-20-14-11-15-21-27)22-16-8-6-4-2-1-3-5-7-9-17-23-30(37)26-18-12-10-13-19-26/h10-15,18-21,28-29,33H,1-9,16-17,22-25H2. The van der Waals surface area contributed by atoms with Crippen LogP contribution < -0.4 is 0 Å². The normalized spacial score (nSPS) is 13.5. The third-order valence-electron chi connectivity index (χ3n) is 7.05. The third-order valence-corrected chi connectivity index (χ3v) is 8.56. The van der Waals surface area contributed by atoms with Gasteiger partial charge in [0, 0.05) is 22.9 Å². The van der Waals surface area contributed by atoms with E-state index in [2.05, 4.69) is 0 Å². The van der Waals surface area contributed by atoms with E-state index in [0.29, 0.717) is 18.4 Å². The molecule has 0 amide bonds. The van der Waals surface area contributed by atoms with Gasteiger partial charge in [0.1, 0.15) is 5.38 Å². The van der Waals surface area contributed by atoms with Crippen LogP contribution in [0.2, 0.25) is 0 Å². The molecule has 214 valence electrons. The molecule has 0 aromatic heterocycles. The van der Waals surface area contributed by atoms with Gasteiger partial charge in [-0.25, -0.2) is 0 Å². The van der Waals surface area contributed by atoms with Crippen LogP contribution in [0.15, 0.2) is 60.7 Å². The van der Waals surface area contributed by atoms with E-state index in [1.807, 2.05) is 36.4 Å². The number of alkyl halides is 3. The van der Waals surface area contributed by atoms with E-state index in [1.165, 1.54) is 44.9 Å². The zero-order valence-corrected chi connectivity index (χ0v) is 25.2. The summed E-state index contributed by atoms with van der Waals surface area (Å²) in [6.07, 6.45) is 14.7. The lowest BCUT2D eigenvalue weighted by Crippen LogP contribution is -2.29. The van der Waals surface area contributed by atoms with Gasteiger partial charge in [0.15, 0.2) is 17.3 Å². The molecule has 0 bridgehead atoms. The number of unbranched alkanes of at least 4 members (excludes halogenated alkanes) is 10. The first kappa shape index (κ1) is 33.5. The summed E-state index contributed by atoms with van der Waals surface area (Å²) in [5.41, 5.74) is 1.33. The van der Waals surface area contributed by atoms with E-state index < -0.39 is 10.8 Å². The Morgan fingerprint density at radius 1 is 0.564 bits per heavy atom. The average molecular weight is 594 g/mol. The van der Waals surface area contributed by atoms with Crippen LogP contribution in [0.3, 0.4) is 0 Å².